The van der Waals surface area contributed by atoms with Crippen LogP contribution >= 0.6 is 11.8 Å². The number of nitrogens with zero attached hydrogens (tertiary/aromatic N) is 3. The number of amides is 1. The van der Waals surface area contributed by atoms with E-state index in [1.807, 2.05) is 6.07 Å². The lowest BCUT2D eigenvalue weighted by atomic mass is 9.86. The van der Waals surface area contributed by atoms with Gasteiger partial charge in [-0.3, -0.25) is 4.79 Å². The van der Waals surface area contributed by atoms with E-state index in [4.69, 9.17) is 0 Å². The van der Waals surface area contributed by atoms with Gasteiger partial charge in [-0.1, -0.05) is 55.3 Å². The summed E-state index contributed by atoms with van der Waals surface area (Å²) in [7, 11) is 0. The number of benzene rings is 1. The molecule has 2 aromatic rings. The number of hydrogen-bond donors (Lipinski definition) is 1. The number of aryl methyl sites for hydroxylation is 1. The summed E-state index contributed by atoms with van der Waals surface area (Å²) in [6, 6.07) is 8.59. The average molecular weight is 373 g/mol. The van der Waals surface area contributed by atoms with E-state index in [-0.39, 0.29) is 5.91 Å². The van der Waals surface area contributed by atoms with Crippen molar-refractivity contribution in [3.05, 3.63) is 29.8 Å². The van der Waals surface area contributed by atoms with Crippen molar-refractivity contribution in [2.24, 2.45) is 5.92 Å². The lowest BCUT2D eigenvalue weighted by Crippen LogP contribution is -2.41. The van der Waals surface area contributed by atoms with Gasteiger partial charge in [-0.15, -0.1) is 10.2 Å². The third-order valence-corrected chi connectivity index (χ3v) is 6.07. The highest BCUT2D eigenvalue weighted by Gasteiger charge is 2.23. The number of thioether (sulfide) groups is 1. The molecule has 1 saturated carbocycles. The summed E-state index contributed by atoms with van der Waals surface area (Å²) in [6.07, 6.45) is 4.80. The summed E-state index contributed by atoms with van der Waals surface area (Å²) in [5, 5.41) is 12.7. The van der Waals surface area contributed by atoms with E-state index in [2.05, 4.69) is 59.1 Å². The van der Waals surface area contributed by atoms with E-state index in [1.54, 1.807) is 0 Å². The summed E-state index contributed by atoms with van der Waals surface area (Å²) in [6.45, 7) is 7.16. The van der Waals surface area contributed by atoms with Gasteiger partial charge in [0.05, 0.1) is 5.75 Å². The Bertz CT molecular complexity index is 758. The molecule has 1 amide bonds. The molecule has 1 fully saturated rings. The molecule has 0 spiro atoms. The minimum absolute atomic E-state index is 0.0940. The first-order valence-electron chi connectivity index (χ1n) is 9.51. The zero-order valence-electron chi connectivity index (χ0n) is 15.9. The highest BCUT2D eigenvalue weighted by Crippen LogP contribution is 2.26. The predicted molar refractivity (Wildman–Crippen MR) is 106 cm³/mol. The van der Waals surface area contributed by atoms with Crippen LogP contribution in [0, 0.1) is 12.8 Å². The van der Waals surface area contributed by atoms with Crippen LogP contribution in [0.5, 0.6) is 0 Å². The molecule has 140 valence electrons. The minimum Gasteiger partial charge on any atom is -0.352 e. The van der Waals surface area contributed by atoms with E-state index >= 15 is 0 Å². The molecule has 0 bridgehead atoms. The quantitative estimate of drug-likeness (QED) is 0.777. The number of nitrogens with one attached hydrogen (secondary N) is 1. The molecule has 2 atom stereocenters. The van der Waals surface area contributed by atoms with Crippen molar-refractivity contribution in [3.63, 3.8) is 0 Å². The van der Waals surface area contributed by atoms with E-state index in [9.17, 15) is 4.79 Å². The smallest absolute Gasteiger partial charge is 0.230 e. The van der Waals surface area contributed by atoms with Crippen molar-refractivity contribution in [2.45, 2.75) is 64.2 Å². The highest BCUT2D eigenvalue weighted by molar-refractivity contribution is 7.99. The number of carbonyl (C=O) groups excluding carboxylic acids is 1. The van der Waals surface area contributed by atoms with Crippen molar-refractivity contribution in [3.8, 4) is 11.4 Å². The second-order valence-corrected chi connectivity index (χ2v) is 8.09. The second-order valence-electron chi connectivity index (χ2n) is 7.14. The van der Waals surface area contributed by atoms with Crippen molar-refractivity contribution in [1.82, 2.24) is 20.1 Å². The van der Waals surface area contributed by atoms with Gasteiger partial charge >= 0.3 is 0 Å². The molecule has 3 rings (SSSR count). The first kappa shape index (κ1) is 19.0. The fourth-order valence-electron chi connectivity index (χ4n) is 3.59. The van der Waals surface area contributed by atoms with Crippen LogP contribution in [0.2, 0.25) is 0 Å². The standard InChI is InChI=1S/C20H28N4OS/c1-4-24-19(16-10-7-8-14(2)12-16)22-23-20(24)26-13-18(25)21-17-11-6-5-9-15(17)3/h7-8,10,12,15,17H,4-6,9,11,13H2,1-3H3,(H,21,25)/t15-,17-/m1/s1. The van der Waals surface area contributed by atoms with E-state index in [0.717, 1.165) is 29.5 Å². The van der Waals surface area contributed by atoms with Crippen LogP contribution in [0.15, 0.2) is 29.4 Å². The van der Waals surface area contributed by atoms with E-state index in [0.29, 0.717) is 17.7 Å². The molecule has 1 aromatic carbocycles. The number of hydrogen-bond acceptors (Lipinski definition) is 4. The maximum atomic E-state index is 12.4. The molecule has 5 nitrogen and oxygen atoms in total. The van der Waals surface area contributed by atoms with E-state index < -0.39 is 0 Å². The topological polar surface area (TPSA) is 59.8 Å². The van der Waals surface area contributed by atoms with Gasteiger partial charge in [0.15, 0.2) is 11.0 Å². The van der Waals surface area contributed by atoms with Crippen LogP contribution in [0.4, 0.5) is 0 Å². The molecule has 1 aromatic heterocycles. The van der Waals surface area contributed by atoms with Crippen LogP contribution in [0.25, 0.3) is 11.4 Å². The molecule has 0 unspecified atom stereocenters. The van der Waals surface area contributed by atoms with E-state index in [1.165, 1.54) is 36.6 Å². The average Bonchev–Trinajstić information content (AvgIpc) is 3.05. The Labute approximate surface area is 160 Å². The lowest BCUT2D eigenvalue weighted by Gasteiger charge is -2.29. The Morgan fingerprint density at radius 2 is 2.12 bits per heavy atom. The fraction of sp³-hybridized carbons (Fsp3) is 0.550. The molecule has 0 radical (unpaired) electrons. The number of carbonyl (C=O) groups is 1. The molecule has 1 aliphatic carbocycles. The maximum absolute atomic E-state index is 12.4. The molecule has 26 heavy (non-hydrogen) atoms. The normalized spacial score (nSPS) is 20.1. The molecule has 0 aliphatic heterocycles. The fourth-order valence-corrected chi connectivity index (χ4v) is 4.40. The van der Waals surface area contributed by atoms with Crippen LogP contribution < -0.4 is 5.32 Å². The summed E-state index contributed by atoms with van der Waals surface area (Å²) in [5.41, 5.74) is 2.26. The number of rotatable bonds is 6. The Morgan fingerprint density at radius 1 is 1.31 bits per heavy atom. The first-order valence-corrected chi connectivity index (χ1v) is 10.5. The summed E-state index contributed by atoms with van der Waals surface area (Å²) in [4.78, 5) is 12.4. The van der Waals surface area contributed by atoms with Gasteiger partial charge in [0.1, 0.15) is 0 Å². The first-order chi connectivity index (χ1) is 12.6. The third kappa shape index (κ3) is 4.47. The van der Waals surface area contributed by atoms with Crippen LogP contribution in [0.1, 0.15) is 45.1 Å². The third-order valence-electron chi connectivity index (χ3n) is 5.10. The second kappa shape index (κ2) is 8.71. The molecule has 1 N–H and O–H groups in total. The minimum atomic E-state index is 0.0940. The van der Waals surface area contributed by atoms with Crippen molar-refractivity contribution in [1.29, 1.82) is 0 Å². The SMILES string of the molecule is CCn1c(SCC(=O)N[C@@H]2CCCC[C@H]2C)nnc1-c1cccc(C)c1. The summed E-state index contributed by atoms with van der Waals surface area (Å²) >= 11 is 1.47. The van der Waals surface area contributed by atoms with Crippen molar-refractivity contribution < 1.29 is 4.79 Å². The maximum Gasteiger partial charge on any atom is 0.230 e. The molecule has 1 heterocycles. The summed E-state index contributed by atoms with van der Waals surface area (Å²) < 4.78 is 2.08. The largest absolute Gasteiger partial charge is 0.352 e. The number of aromatic nitrogens is 3. The van der Waals surface area contributed by atoms with Gasteiger partial charge in [0, 0.05) is 18.2 Å². The summed E-state index contributed by atoms with van der Waals surface area (Å²) in [5.74, 6) is 1.91. The zero-order valence-corrected chi connectivity index (χ0v) is 16.7. The van der Waals surface area contributed by atoms with Gasteiger partial charge in [-0.25, -0.2) is 0 Å². The van der Waals surface area contributed by atoms with Crippen LogP contribution in [-0.2, 0) is 11.3 Å². The Morgan fingerprint density at radius 3 is 2.85 bits per heavy atom. The van der Waals surface area contributed by atoms with Gasteiger partial charge in [-0.2, -0.15) is 0 Å². The van der Waals surface area contributed by atoms with Gasteiger partial charge < -0.3 is 9.88 Å². The molecular weight excluding hydrogens is 344 g/mol. The Kier molecular flexibility index (Phi) is 6.35. The van der Waals surface area contributed by atoms with Crippen molar-refractivity contribution in [2.75, 3.05) is 5.75 Å². The molecule has 6 heteroatoms. The van der Waals surface area contributed by atoms with Crippen LogP contribution in [-0.4, -0.2) is 32.5 Å². The lowest BCUT2D eigenvalue weighted by molar-refractivity contribution is -0.119. The van der Waals surface area contributed by atoms with Gasteiger partial charge in [-0.05, 0) is 38.7 Å². The van der Waals surface area contributed by atoms with Gasteiger partial charge in [0.25, 0.3) is 0 Å². The molecule has 1 aliphatic rings. The van der Waals surface area contributed by atoms with Crippen LogP contribution in [0.3, 0.4) is 0 Å². The Balaban J connectivity index is 1.64. The Hall–Kier alpha value is -1.82. The monoisotopic (exact) mass is 372 g/mol. The molecule has 0 saturated heterocycles. The van der Waals surface area contributed by atoms with Crippen molar-refractivity contribution >= 4 is 17.7 Å². The predicted octanol–water partition coefficient (Wildman–Crippen LogP) is 4.06. The highest BCUT2D eigenvalue weighted by atomic mass is 32.2. The van der Waals surface area contributed by atoms with Gasteiger partial charge in [0.2, 0.25) is 5.91 Å². The molecular formula is C20H28N4OS. The zero-order chi connectivity index (χ0) is 18.5.